The van der Waals surface area contributed by atoms with E-state index in [2.05, 4.69) is 9.98 Å². The second-order valence-corrected chi connectivity index (χ2v) is 4.99. The lowest BCUT2D eigenvalue weighted by molar-refractivity contribution is 0.411. The van der Waals surface area contributed by atoms with Crippen molar-refractivity contribution in [3.05, 3.63) is 54.2 Å². The molecule has 0 spiro atoms. The number of ether oxygens (including phenoxy) is 1. The topological polar surface area (TPSA) is 74.9 Å². The van der Waals surface area contributed by atoms with Crippen molar-refractivity contribution in [2.45, 2.75) is 6.42 Å². The van der Waals surface area contributed by atoms with Gasteiger partial charge in [0.25, 0.3) is 0 Å². The molecule has 23 heavy (non-hydrogen) atoms. The highest BCUT2D eigenvalue weighted by atomic mass is 16.5. The molecular weight excluding hydrogens is 292 g/mol. The number of phenolic OH excluding ortho intramolecular Hbond substituents is 2. The molecule has 3 aromatic rings. The summed E-state index contributed by atoms with van der Waals surface area (Å²) < 4.78 is 5.29. The molecule has 1 aromatic heterocycles. The fourth-order valence-electron chi connectivity index (χ4n) is 2.41. The SMILES string of the molecule is COc1ccccc1CC=Nc1cc(O)c2cccnc2c1O. The number of aliphatic imine (C=N–C) groups is 1. The fraction of sp³-hybridized carbons (Fsp3) is 0.111. The summed E-state index contributed by atoms with van der Waals surface area (Å²) in [5, 5.41) is 20.8. The third kappa shape index (κ3) is 2.94. The summed E-state index contributed by atoms with van der Waals surface area (Å²) in [5.74, 6) is 0.774. The van der Waals surface area contributed by atoms with Gasteiger partial charge in [-0.1, -0.05) is 18.2 Å². The molecule has 116 valence electrons. The molecule has 2 aromatic carbocycles. The lowest BCUT2D eigenvalue weighted by atomic mass is 10.1. The quantitative estimate of drug-likeness (QED) is 0.570. The van der Waals surface area contributed by atoms with Gasteiger partial charge in [-0.25, -0.2) is 0 Å². The zero-order valence-corrected chi connectivity index (χ0v) is 12.6. The Labute approximate surface area is 133 Å². The minimum atomic E-state index is -0.0466. The molecule has 1 heterocycles. The highest BCUT2D eigenvalue weighted by molar-refractivity contribution is 5.94. The highest BCUT2D eigenvalue weighted by Crippen LogP contribution is 2.38. The van der Waals surface area contributed by atoms with Crippen molar-refractivity contribution < 1.29 is 14.9 Å². The molecule has 0 aliphatic heterocycles. The first-order chi connectivity index (χ1) is 11.2. The van der Waals surface area contributed by atoms with Crippen LogP contribution in [0.3, 0.4) is 0 Å². The Kier molecular flexibility index (Phi) is 4.10. The molecular formula is C18H16N2O3. The molecule has 2 N–H and O–H groups in total. The number of hydrogen-bond acceptors (Lipinski definition) is 5. The first-order valence-corrected chi connectivity index (χ1v) is 7.15. The van der Waals surface area contributed by atoms with Crippen LogP contribution in [0.1, 0.15) is 5.56 Å². The maximum absolute atomic E-state index is 10.3. The van der Waals surface area contributed by atoms with Gasteiger partial charge < -0.3 is 14.9 Å². The molecule has 0 atom stereocenters. The molecule has 0 bridgehead atoms. The number of fused-ring (bicyclic) bond motifs is 1. The Bertz CT molecular complexity index is 875. The van der Waals surface area contributed by atoms with Crippen LogP contribution in [-0.4, -0.2) is 28.5 Å². The highest BCUT2D eigenvalue weighted by Gasteiger charge is 2.10. The Morgan fingerprint density at radius 3 is 2.83 bits per heavy atom. The van der Waals surface area contributed by atoms with Crippen molar-refractivity contribution in [2.75, 3.05) is 7.11 Å². The van der Waals surface area contributed by atoms with Gasteiger partial charge in [-0.05, 0) is 23.8 Å². The lowest BCUT2D eigenvalue weighted by Crippen LogP contribution is -1.92. The van der Waals surface area contributed by atoms with E-state index < -0.39 is 0 Å². The van der Waals surface area contributed by atoms with Crippen LogP contribution in [0.2, 0.25) is 0 Å². The molecule has 0 aliphatic rings. The maximum atomic E-state index is 10.3. The summed E-state index contributed by atoms with van der Waals surface area (Å²) in [5.41, 5.74) is 1.60. The van der Waals surface area contributed by atoms with Gasteiger partial charge in [0.05, 0.1) is 7.11 Å². The average Bonchev–Trinajstić information content (AvgIpc) is 2.59. The fourth-order valence-corrected chi connectivity index (χ4v) is 2.41. The smallest absolute Gasteiger partial charge is 0.168 e. The van der Waals surface area contributed by atoms with E-state index in [1.54, 1.807) is 31.7 Å². The molecule has 3 rings (SSSR count). The number of rotatable bonds is 4. The molecule has 5 heteroatoms. The second kappa shape index (κ2) is 6.36. The lowest BCUT2D eigenvalue weighted by Gasteiger charge is -2.06. The summed E-state index contributed by atoms with van der Waals surface area (Å²) >= 11 is 0. The van der Waals surface area contributed by atoms with Crippen molar-refractivity contribution in [3.63, 3.8) is 0 Å². The third-order valence-corrected chi connectivity index (χ3v) is 3.56. The number of phenols is 2. The number of pyridine rings is 1. The Morgan fingerprint density at radius 1 is 1.17 bits per heavy atom. The monoisotopic (exact) mass is 308 g/mol. The van der Waals surface area contributed by atoms with Crippen LogP contribution < -0.4 is 4.74 Å². The number of methoxy groups -OCH3 is 1. The molecule has 0 unspecified atom stereocenters. The summed E-state index contributed by atoms with van der Waals surface area (Å²) in [7, 11) is 1.62. The zero-order chi connectivity index (χ0) is 16.2. The maximum Gasteiger partial charge on any atom is 0.168 e. The van der Waals surface area contributed by atoms with Crippen molar-refractivity contribution in [3.8, 4) is 17.2 Å². The van der Waals surface area contributed by atoms with Gasteiger partial charge in [0.15, 0.2) is 5.75 Å². The van der Waals surface area contributed by atoms with Gasteiger partial charge in [-0.15, -0.1) is 0 Å². The van der Waals surface area contributed by atoms with Crippen molar-refractivity contribution in [1.29, 1.82) is 0 Å². The molecule has 0 radical (unpaired) electrons. The van der Waals surface area contributed by atoms with Crippen LogP contribution in [0.5, 0.6) is 17.2 Å². The van der Waals surface area contributed by atoms with Crippen molar-refractivity contribution in [1.82, 2.24) is 4.98 Å². The molecule has 0 saturated carbocycles. The average molecular weight is 308 g/mol. The van der Waals surface area contributed by atoms with Gasteiger partial charge in [0.1, 0.15) is 22.7 Å². The van der Waals surface area contributed by atoms with Crippen LogP contribution in [0.15, 0.2) is 53.7 Å². The standard InChI is InChI=1S/C18H16N2O3/c1-23-16-7-3-2-5-12(16)8-10-19-14-11-15(21)13-6-4-9-20-17(13)18(14)22/h2-7,9-11,21-22H,8H2,1H3. The Morgan fingerprint density at radius 2 is 2.00 bits per heavy atom. The molecule has 0 aliphatic carbocycles. The zero-order valence-electron chi connectivity index (χ0n) is 12.6. The summed E-state index contributed by atoms with van der Waals surface area (Å²) in [6.07, 6.45) is 3.77. The van der Waals surface area contributed by atoms with Gasteiger partial charge in [0, 0.05) is 30.3 Å². The summed E-state index contributed by atoms with van der Waals surface area (Å²) in [6.45, 7) is 0. The van der Waals surface area contributed by atoms with Gasteiger partial charge >= 0.3 is 0 Å². The van der Waals surface area contributed by atoms with E-state index in [0.717, 1.165) is 11.3 Å². The van der Waals surface area contributed by atoms with E-state index in [-0.39, 0.29) is 17.2 Å². The largest absolute Gasteiger partial charge is 0.507 e. The Balaban J connectivity index is 1.91. The molecule has 5 nitrogen and oxygen atoms in total. The first-order valence-electron chi connectivity index (χ1n) is 7.15. The van der Waals surface area contributed by atoms with E-state index in [1.807, 2.05) is 24.3 Å². The number of para-hydroxylation sites is 1. The summed E-state index contributed by atoms with van der Waals surface area (Å²) in [4.78, 5) is 8.35. The van der Waals surface area contributed by atoms with Crippen LogP contribution >= 0.6 is 0 Å². The molecule has 0 amide bonds. The van der Waals surface area contributed by atoms with Gasteiger partial charge in [-0.2, -0.15) is 0 Å². The number of nitrogens with zero attached hydrogens (tertiary/aromatic N) is 2. The normalized spacial score (nSPS) is 11.2. The van der Waals surface area contributed by atoms with Crippen LogP contribution in [0.25, 0.3) is 10.9 Å². The number of hydrogen-bond donors (Lipinski definition) is 2. The predicted molar refractivity (Wildman–Crippen MR) is 89.9 cm³/mol. The first kappa shape index (κ1) is 14.8. The number of benzene rings is 2. The van der Waals surface area contributed by atoms with E-state index in [0.29, 0.717) is 17.3 Å². The van der Waals surface area contributed by atoms with E-state index in [1.165, 1.54) is 6.07 Å². The van der Waals surface area contributed by atoms with E-state index >= 15 is 0 Å². The second-order valence-electron chi connectivity index (χ2n) is 4.99. The van der Waals surface area contributed by atoms with Crippen LogP contribution in [-0.2, 0) is 6.42 Å². The molecule has 0 fully saturated rings. The predicted octanol–water partition coefficient (Wildman–Crippen LogP) is 3.60. The number of aromatic hydroxyl groups is 2. The minimum absolute atomic E-state index is 0.0374. The van der Waals surface area contributed by atoms with Gasteiger partial charge in [0.2, 0.25) is 0 Å². The van der Waals surface area contributed by atoms with Crippen molar-refractivity contribution in [2.24, 2.45) is 4.99 Å². The number of aromatic nitrogens is 1. The van der Waals surface area contributed by atoms with E-state index in [9.17, 15) is 10.2 Å². The Hall–Kier alpha value is -3.08. The summed E-state index contributed by atoms with van der Waals surface area (Å²) in [6, 6.07) is 12.5. The van der Waals surface area contributed by atoms with Crippen molar-refractivity contribution >= 4 is 22.8 Å². The van der Waals surface area contributed by atoms with Gasteiger partial charge in [-0.3, -0.25) is 9.98 Å². The molecule has 0 saturated heterocycles. The van der Waals surface area contributed by atoms with E-state index in [4.69, 9.17) is 4.74 Å². The third-order valence-electron chi connectivity index (χ3n) is 3.56. The van der Waals surface area contributed by atoms with Crippen LogP contribution in [0, 0.1) is 0 Å². The van der Waals surface area contributed by atoms with Crippen LogP contribution in [0.4, 0.5) is 5.69 Å². The minimum Gasteiger partial charge on any atom is -0.507 e.